The van der Waals surface area contributed by atoms with Gasteiger partial charge in [-0.05, 0) is 25.4 Å². The van der Waals surface area contributed by atoms with Gasteiger partial charge in [-0.2, -0.15) is 0 Å². The fourth-order valence-corrected chi connectivity index (χ4v) is 2.60. The molecule has 6 heteroatoms. The molecule has 0 saturated heterocycles. The van der Waals surface area contributed by atoms with Crippen LogP contribution in [0.5, 0.6) is 0 Å². The van der Waals surface area contributed by atoms with Crippen LogP contribution < -0.4 is 0 Å². The van der Waals surface area contributed by atoms with Crippen LogP contribution in [0.1, 0.15) is 26.1 Å². The number of aromatic nitrogens is 3. The third-order valence-corrected chi connectivity index (χ3v) is 3.57. The molecule has 0 amide bonds. The predicted octanol–water partition coefficient (Wildman–Crippen LogP) is 2.04. The van der Waals surface area contributed by atoms with Crippen molar-refractivity contribution in [3.05, 3.63) is 26.7 Å². The van der Waals surface area contributed by atoms with Crippen molar-refractivity contribution in [1.82, 2.24) is 14.6 Å². The summed E-state index contributed by atoms with van der Waals surface area (Å²) in [5, 5.41) is 6.57. The molecule has 15 heavy (non-hydrogen) atoms. The first kappa shape index (κ1) is 10.4. The first-order valence-corrected chi connectivity index (χ1v) is 6.05. The molecule has 0 unspecified atom stereocenters. The maximum Gasteiger partial charge on any atom is 0.180 e. The SMILES string of the molecule is Cc1nc(C)c(C(=O)Cc2csnn2)s1. The van der Waals surface area contributed by atoms with E-state index in [1.807, 2.05) is 13.8 Å². The fourth-order valence-electron chi connectivity index (χ4n) is 1.30. The molecule has 0 saturated carbocycles. The standard InChI is InChI=1S/C9H9N3OS2/c1-5-9(15-6(2)10-5)8(13)3-7-4-14-12-11-7/h4H,3H2,1-2H3. The van der Waals surface area contributed by atoms with Crippen molar-refractivity contribution in [3.63, 3.8) is 0 Å². The van der Waals surface area contributed by atoms with Gasteiger partial charge in [-0.3, -0.25) is 4.79 Å². The van der Waals surface area contributed by atoms with Crippen LogP contribution in [0.25, 0.3) is 0 Å². The average Bonchev–Trinajstić information content (AvgIpc) is 2.75. The van der Waals surface area contributed by atoms with Crippen molar-refractivity contribution in [3.8, 4) is 0 Å². The molecule has 2 rings (SSSR count). The molecule has 4 nitrogen and oxygen atoms in total. The Hall–Kier alpha value is -1.14. The summed E-state index contributed by atoms with van der Waals surface area (Å²) >= 11 is 2.70. The molecule has 0 aliphatic carbocycles. The smallest absolute Gasteiger partial charge is 0.180 e. The first-order valence-electron chi connectivity index (χ1n) is 4.40. The molecule has 0 atom stereocenters. The number of thiazole rings is 1. The van der Waals surface area contributed by atoms with E-state index in [-0.39, 0.29) is 5.78 Å². The van der Waals surface area contributed by atoms with Crippen LogP contribution in [0.2, 0.25) is 0 Å². The average molecular weight is 239 g/mol. The number of hydrogen-bond acceptors (Lipinski definition) is 6. The second-order valence-corrected chi connectivity index (χ2v) is 4.96. The lowest BCUT2D eigenvalue weighted by Crippen LogP contribution is -2.03. The van der Waals surface area contributed by atoms with Crippen LogP contribution in [0.4, 0.5) is 0 Å². The van der Waals surface area contributed by atoms with Crippen molar-refractivity contribution in [2.45, 2.75) is 20.3 Å². The van der Waals surface area contributed by atoms with Gasteiger partial charge in [0, 0.05) is 5.38 Å². The van der Waals surface area contributed by atoms with Gasteiger partial charge in [0.15, 0.2) is 5.78 Å². The normalized spacial score (nSPS) is 10.5. The second-order valence-electron chi connectivity index (χ2n) is 3.14. The topological polar surface area (TPSA) is 55.7 Å². The number of ketones is 1. The Kier molecular flexibility index (Phi) is 2.88. The molecule has 2 aromatic heterocycles. The summed E-state index contributed by atoms with van der Waals surface area (Å²) in [6.45, 7) is 3.76. The molecule has 0 bridgehead atoms. The number of Topliss-reactive ketones (excluding diaryl/α,β-unsaturated/α-hetero) is 1. The molecule has 78 valence electrons. The summed E-state index contributed by atoms with van der Waals surface area (Å²) in [5.74, 6) is 0.0748. The summed E-state index contributed by atoms with van der Waals surface area (Å²) in [6, 6.07) is 0. The van der Waals surface area contributed by atoms with Crippen LogP contribution in [-0.2, 0) is 6.42 Å². The van der Waals surface area contributed by atoms with Gasteiger partial charge in [0.2, 0.25) is 0 Å². The van der Waals surface area contributed by atoms with Gasteiger partial charge < -0.3 is 0 Å². The van der Waals surface area contributed by atoms with Crippen LogP contribution in [0.15, 0.2) is 5.38 Å². The second kappa shape index (κ2) is 4.16. The predicted molar refractivity (Wildman–Crippen MR) is 59.5 cm³/mol. The Morgan fingerprint density at radius 2 is 2.27 bits per heavy atom. The molecule has 0 aromatic carbocycles. The minimum atomic E-state index is 0.0748. The summed E-state index contributed by atoms with van der Waals surface area (Å²) in [6.07, 6.45) is 0.318. The minimum absolute atomic E-state index is 0.0748. The van der Waals surface area contributed by atoms with Gasteiger partial charge in [0.1, 0.15) is 0 Å². The zero-order valence-electron chi connectivity index (χ0n) is 8.35. The molecular weight excluding hydrogens is 230 g/mol. The van der Waals surface area contributed by atoms with Gasteiger partial charge in [-0.25, -0.2) is 4.98 Å². The highest BCUT2D eigenvalue weighted by molar-refractivity contribution is 7.13. The fraction of sp³-hybridized carbons (Fsp3) is 0.333. The van der Waals surface area contributed by atoms with Gasteiger partial charge in [-0.15, -0.1) is 16.4 Å². The Balaban J connectivity index is 2.18. The first-order chi connectivity index (χ1) is 7.16. The number of hydrogen-bond donors (Lipinski definition) is 0. The minimum Gasteiger partial charge on any atom is -0.293 e. The lowest BCUT2D eigenvalue weighted by atomic mass is 10.2. The van der Waals surface area contributed by atoms with E-state index in [0.717, 1.165) is 21.3 Å². The third kappa shape index (κ3) is 2.27. The maximum absolute atomic E-state index is 11.9. The van der Waals surface area contributed by atoms with Crippen molar-refractivity contribution in [2.75, 3.05) is 0 Å². The van der Waals surface area contributed by atoms with E-state index in [4.69, 9.17) is 0 Å². The van der Waals surface area contributed by atoms with Gasteiger partial charge in [0.25, 0.3) is 0 Å². The molecule has 0 fully saturated rings. The highest BCUT2D eigenvalue weighted by Crippen LogP contribution is 2.19. The number of rotatable bonds is 3. The van der Waals surface area contributed by atoms with E-state index in [2.05, 4.69) is 14.6 Å². The lowest BCUT2D eigenvalue weighted by molar-refractivity contribution is 0.0995. The van der Waals surface area contributed by atoms with Crippen LogP contribution >= 0.6 is 22.9 Å². The number of aryl methyl sites for hydroxylation is 2. The van der Waals surface area contributed by atoms with E-state index in [9.17, 15) is 4.79 Å². The van der Waals surface area contributed by atoms with Crippen molar-refractivity contribution < 1.29 is 4.79 Å². The van der Waals surface area contributed by atoms with E-state index in [1.54, 1.807) is 5.38 Å². The zero-order chi connectivity index (χ0) is 10.8. The summed E-state index contributed by atoms with van der Waals surface area (Å²) in [4.78, 5) is 16.8. The molecule has 0 aliphatic heterocycles. The molecule has 0 N–H and O–H groups in total. The van der Waals surface area contributed by atoms with E-state index >= 15 is 0 Å². The van der Waals surface area contributed by atoms with Crippen molar-refractivity contribution in [2.24, 2.45) is 0 Å². The Morgan fingerprint density at radius 1 is 1.47 bits per heavy atom. The van der Waals surface area contributed by atoms with Crippen LogP contribution in [0, 0.1) is 13.8 Å². The van der Waals surface area contributed by atoms with Gasteiger partial charge in [-0.1, -0.05) is 4.49 Å². The molecule has 2 heterocycles. The monoisotopic (exact) mass is 239 g/mol. The quantitative estimate of drug-likeness (QED) is 0.769. The van der Waals surface area contributed by atoms with Gasteiger partial charge in [0.05, 0.1) is 27.7 Å². The number of carbonyl (C=O) groups is 1. The lowest BCUT2D eigenvalue weighted by Gasteiger charge is -1.94. The molecule has 0 spiro atoms. The summed E-state index contributed by atoms with van der Waals surface area (Å²) in [7, 11) is 0. The molecule has 0 radical (unpaired) electrons. The number of nitrogens with zero attached hydrogens (tertiary/aromatic N) is 3. The van der Waals surface area contributed by atoms with Gasteiger partial charge >= 0.3 is 0 Å². The van der Waals surface area contributed by atoms with E-state index in [1.165, 1.54) is 22.9 Å². The summed E-state index contributed by atoms with van der Waals surface area (Å²) < 4.78 is 3.72. The Labute approximate surface area is 95.2 Å². The molecule has 0 aliphatic rings. The Morgan fingerprint density at radius 3 is 2.80 bits per heavy atom. The summed E-state index contributed by atoms with van der Waals surface area (Å²) in [5.41, 5.74) is 1.54. The zero-order valence-corrected chi connectivity index (χ0v) is 9.98. The highest BCUT2D eigenvalue weighted by atomic mass is 32.1. The Bertz CT molecular complexity index is 476. The van der Waals surface area contributed by atoms with E-state index < -0.39 is 0 Å². The third-order valence-electron chi connectivity index (χ3n) is 1.90. The largest absolute Gasteiger partial charge is 0.293 e. The maximum atomic E-state index is 11.9. The van der Waals surface area contributed by atoms with Crippen LogP contribution in [-0.4, -0.2) is 20.4 Å². The molecule has 2 aromatic rings. The molecular formula is C9H9N3OS2. The highest BCUT2D eigenvalue weighted by Gasteiger charge is 2.15. The van der Waals surface area contributed by atoms with Crippen LogP contribution in [0.3, 0.4) is 0 Å². The number of carbonyl (C=O) groups excluding carboxylic acids is 1. The van der Waals surface area contributed by atoms with Crippen molar-refractivity contribution >= 4 is 28.7 Å². The van der Waals surface area contributed by atoms with Crippen molar-refractivity contribution in [1.29, 1.82) is 0 Å². The van der Waals surface area contributed by atoms with E-state index in [0.29, 0.717) is 6.42 Å².